The smallest absolute Gasteiger partial charge is 0.0546 e. The number of hydrogen-bond acceptors (Lipinski definition) is 1. The van der Waals surface area contributed by atoms with Gasteiger partial charge in [0.15, 0.2) is 0 Å². The Morgan fingerprint density at radius 2 is 2.00 bits per heavy atom. The van der Waals surface area contributed by atoms with Gasteiger partial charge in [0, 0.05) is 11.2 Å². The van der Waals surface area contributed by atoms with Crippen LogP contribution in [-0.4, -0.2) is 16.2 Å². The van der Waals surface area contributed by atoms with Crippen molar-refractivity contribution in [3.05, 3.63) is 36.0 Å². The molecule has 0 fully saturated rings. The first-order chi connectivity index (χ1) is 8.15. The minimum absolute atomic E-state index is 0.179. The molecule has 2 heteroatoms. The maximum atomic E-state index is 9.84. The van der Waals surface area contributed by atoms with Gasteiger partial charge < -0.3 is 10.1 Å². The van der Waals surface area contributed by atoms with Crippen LogP contribution >= 0.6 is 0 Å². The molecule has 1 aromatic heterocycles. The fourth-order valence-corrected chi connectivity index (χ4v) is 2.25. The Morgan fingerprint density at radius 3 is 2.71 bits per heavy atom. The van der Waals surface area contributed by atoms with E-state index in [4.69, 9.17) is 0 Å². The van der Waals surface area contributed by atoms with Gasteiger partial charge in [0.2, 0.25) is 0 Å². The van der Waals surface area contributed by atoms with Crippen molar-refractivity contribution in [2.24, 2.45) is 5.92 Å². The number of para-hydroxylation sites is 1. The predicted octanol–water partition coefficient (Wildman–Crippen LogP) is 3.51. The molecule has 1 heterocycles. The first-order valence-electron chi connectivity index (χ1n) is 6.40. The van der Waals surface area contributed by atoms with Gasteiger partial charge >= 0.3 is 0 Å². The molecule has 0 bridgehead atoms. The first kappa shape index (κ1) is 12.2. The third-order valence-electron chi connectivity index (χ3n) is 3.08. The highest BCUT2D eigenvalue weighted by Gasteiger charge is 2.08. The molecule has 0 aliphatic rings. The van der Waals surface area contributed by atoms with E-state index >= 15 is 0 Å². The van der Waals surface area contributed by atoms with Gasteiger partial charge in [-0.2, -0.15) is 0 Å². The molecule has 0 aliphatic heterocycles. The van der Waals surface area contributed by atoms with E-state index in [-0.39, 0.29) is 6.10 Å². The van der Waals surface area contributed by atoms with Crippen LogP contribution in [0.2, 0.25) is 0 Å². The third-order valence-corrected chi connectivity index (χ3v) is 3.08. The lowest BCUT2D eigenvalue weighted by Crippen LogP contribution is -2.11. The van der Waals surface area contributed by atoms with Crippen molar-refractivity contribution in [3.8, 4) is 0 Å². The molecule has 2 nitrogen and oxygen atoms in total. The fraction of sp³-hybridized carbons (Fsp3) is 0.467. The van der Waals surface area contributed by atoms with Gasteiger partial charge in [0.05, 0.1) is 6.10 Å². The van der Waals surface area contributed by atoms with Gasteiger partial charge in [0.25, 0.3) is 0 Å². The average molecular weight is 231 g/mol. The molecule has 0 saturated carbocycles. The van der Waals surface area contributed by atoms with Gasteiger partial charge in [-0.25, -0.2) is 0 Å². The second-order valence-corrected chi connectivity index (χ2v) is 5.20. The van der Waals surface area contributed by atoms with E-state index in [1.165, 1.54) is 16.6 Å². The maximum Gasteiger partial charge on any atom is 0.0546 e. The van der Waals surface area contributed by atoms with Crippen LogP contribution in [0.25, 0.3) is 10.9 Å². The summed E-state index contributed by atoms with van der Waals surface area (Å²) in [5.41, 5.74) is 2.40. The zero-order valence-corrected chi connectivity index (χ0v) is 10.6. The summed E-state index contributed by atoms with van der Waals surface area (Å²) in [6.45, 7) is 4.29. The summed E-state index contributed by atoms with van der Waals surface area (Å²) < 4.78 is 0. The van der Waals surface area contributed by atoms with Crippen molar-refractivity contribution in [1.82, 2.24) is 4.98 Å². The zero-order chi connectivity index (χ0) is 12.3. The molecule has 1 atom stereocenters. The van der Waals surface area contributed by atoms with Crippen molar-refractivity contribution in [3.63, 3.8) is 0 Å². The molecule has 92 valence electrons. The van der Waals surface area contributed by atoms with E-state index in [1.54, 1.807) is 0 Å². The van der Waals surface area contributed by atoms with E-state index in [0.717, 1.165) is 19.3 Å². The number of aryl methyl sites for hydroxylation is 1. The van der Waals surface area contributed by atoms with Crippen LogP contribution in [0.4, 0.5) is 0 Å². The Hall–Kier alpha value is -1.28. The standard InChI is InChI=1S/C15H21NO/c1-11(2)9-14(17)8-7-13-10-12-5-3-4-6-15(12)16-13/h3-6,10-11,14,16-17H,7-9H2,1-2H3. The summed E-state index contributed by atoms with van der Waals surface area (Å²) >= 11 is 0. The van der Waals surface area contributed by atoms with Crippen molar-refractivity contribution >= 4 is 10.9 Å². The highest BCUT2D eigenvalue weighted by atomic mass is 16.3. The Kier molecular flexibility index (Phi) is 3.85. The lowest BCUT2D eigenvalue weighted by atomic mass is 10.0. The Bertz CT molecular complexity index is 439. The molecule has 2 N–H and O–H groups in total. The first-order valence-corrected chi connectivity index (χ1v) is 6.40. The Balaban J connectivity index is 1.95. The maximum absolute atomic E-state index is 9.84. The molecule has 0 radical (unpaired) electrons. The molecule has 0 amide bonds. The molecule has 0 aliphatic carbocycles. The molecule has 0 saturated heterocycles. The lowest BCUT2D eigenvalue weighted by molar-refractivity contribution is 0.139. The van der Waals surface area contributed by atoms with Gasteiger partial charge in [0.1, 0.15) is 0 Å². The van der Waals surface area contributed by atoms with Crippen LogP contribution in [0.3, 0.4) is 0 Å². The highest BCUT2D eigenvalue weighted by Crippen LogP contribution is 2.17. The number of benzene rings is 1. The summed E-state index contributed by atoms with van der Waals surface area (Å²) in [6, 6.07) is 10.5. The van der Waals surface area contributed by atoms with Crippen molar-refractivity contribution in [1.29, 1.82) is 0 Å². The molecule has 2 rings (SSSR count). The number of aliphatic hydroxyl groups is 1. The van der Waals surface area contributed by atoms with E-state index in [0.29, 0.717) is 5.92 Å². The fourth-order valence-electron chi connectivity index (χ4n) is 2.25. The molecule has 1 unspecified atom stereocenters. The number of aromatic nitrogens is 1. The Morgan fingerprint density at radius 1 is 1.24 bits per heavy atom. The summed E-state index contributed by atoms with van der Waals surface area (Å²) in [4.78, 5) is 3.39. The van der Waals surface area contributed by atoms with Crippen LogP contribution in [0.5, 0.6) is 0 Å². The average Bonchev–Trinajstić information content (AvgIpc) is 2.68. The summed E-state index contributed by atoms with van der Waals surface area (Å²) in [5.74, 6) is 0.563. The predicted molar refractivity (Wildman–Crippen MR) is 72.1 cm³/mol. The number of aromatic amines is 1. The molecular weight excluding hydrogens is 210 g/mol. The summed E-state index contributed by atoms with van der Waals surface area (Å²) in [6.07, 6.45) is 2.47. The van der Waals surface area contributed by atoms with Gasteiger partial charge in [-0.15, -0.1) is 0 Å². The van der Waals surface area contributed by atoms with Crippen LogP contribution in [0, 0.1) is 5.92 Å². The second kappa shape index (κ2) is 5.37. The molecule has 1 aromatic carbocycles. The quantitative estimate of drug-likeness (QED) is 0.811. The monoisotopic (exact) mass is 231 g/mol. The van der Waals surface area contributed by atoms with Gasteiger partial charge in [-0.3, -0.25) is 0 Å². The number of H-pyrrole nitrogens is 1. The van der Waals surface area contributed by atoms with Crippen molar-refractivity contribution in [2.45, 2.75) is 39.2 Å². The van der Waals surface area contributed by atoms with Crippen LogP contribution in [0.15, 0.2) is 30.3 Å². The van der Waals surface area contributed by atoms with E-state index in [9.17, 15) is 5.11 Å². The normalized spacial score (nSPS) is 13.4. The third kappa shape index (κ3) is 3.34. The summed E-state index contributed by atoms with van der Waals surface area (Å²) in [5, 5.41) is 11.1. The number of hydrogen-bond donors (Lipinski definition) is 2. The molecular formula is C15H21NO. The van der Waals surface area contributed by atoms with E-state index < -0.39 is 0 Å². The van der Waals surface area contributed by atoms with Crippen LogP contribution in [-0.2, 0) is 6.42 Å². The summed E-state index contributed by atoms with van der Waals surface area (Å²) in [7, 11) is 0. The molecule has 2 aromatic rings. The number of nitrogens with one attached hydrogen (secondary N) is 1. The topological polar surface area (TPSA) is 36.0 Å². The van der Waals surface area contributed by atoms with Crippen molar-refractivity contribution in [2.75, 3.05) is 0 Å². The van der Waals surface area contributed by atoms with Gasteiger partial charge in [-0.05, 0) is 42.7 Å². The zero-order valence-electron chi connectivity index (χ0n) is 10.6. The van der Waals surface area contributed by atoms with Crippen LogP contribution in [0.1, 0.15) is 32.4 Å². The van der Waals surface area contributed by atoms with Crippen LogP contribution < -0.4 is 0 Å². The minimum atomic E-state index is -0.179. The SMILES string of the molecule is CC(C)CC(O)CCc1cc2ccccc2[nH]1. The molecule has 0 spiro atoms. The van der Waals surface area contributed by atoms with E-state index in [2.05, 4.69) is 37.0 Å². The lowest BCUT2D eigenvalue weighted by Gasteiger charge is -2.11. The number of rotatable bonds is 5. The minimum Gasteiger partial charge on any atom is -0.393 e. The number of aliphatic hydroxyl groups excluding tert-OH is 1. The number of fused-ring (bicyclic) bond motifs is 1. The van der Waals surface area contributed by atoms with Gasteiger partial charge in [-0.1, -0.05) is 32.0 Å². The largest absolute Gasteiger partial charge is 0.393 e. The second-order valence-electron chi connectivity index (χ2n) is 5.20. The van der Waals surface area contributed by atoms with Crippen molar-refractivity contribution < 1.29 is 5.11 Å². The Labute approximate surface area is 103 Å². The highest BCUT2D eigenvalue weighted by molar-refractivity contribution is 5.80. The molecule has 17 heavy (non-hydrogen) atoms. The van der Waals surface area contributed by atoms with E-state index in [1.807, 2.05) is 12.1 Å².